The number of hydrogen-bond acceptors (Lipinski definition) is 6. The molecule has 1 aliphatic heterocycles. The van der Waals surface area contributed by atoms with Crippen molar-refractivity contribution in [2.75, 3.05) is 26.2 Å². The Bertz CT molecular complexity index is 1340. The lowest BCUT2D eigenvalue weighted by Gasteiger charge is -2.40. The molecule has 37 heavy (non-hydrogen) atoms. The van der Waals surface area contributed by atoms with Crippen molar-refractivity contribution in [1.82, 2.24) is 24.3 Å². The van der Waals surface area contributed by atoms with E-state index in [4.69, 9.17) is 21.3 Å². The molecule has 194 valence electrons. The van der Waals surface area contributed by atoms with Crippen molar-refractivity contribution in [1.29, 1.82) is 0 Å². The van der Waals surface area contributed by atoms with Crippen LogP contribution in [0.2, 0.25) is 5.02 Å². The van der Waals surface area contributed by atoms with Crippen LogP contribution in [0.3, 0.4) is 0 Å². The maximum atomic E-state index is 12.7. The molecule has 5 rings (SSSR count). The number of benzene rings is 1. The zero-order valence-corrected chi connectivity index (χ0v) is 22.3. The van der Waals surface area contributed by atoms with Crippen molar-refractivity contribution in [3.8, 4) is 0 Å². The number of halogens is 1. The van der Waals surface area contributed by atoms with Crippen LogP contribution in [0.25, 0.3) is 11.6 Å². The third-order valence-electron chi connectivity index (χ3n) is 6.82. The number of piperazine rings is 1. The van der Waals surface area contributed by atoms with Crippen LogP contribution in [-0.2, 0) is 11.8 Å². The van der Waals surface area contributed by atoms with Crippen LogP contribution in [0, 0.1) is 0 Å². The average molecular weight is 522 g/mol. The van der Waals surface area contributed by atoms with Gasteiger partial charge in [0.1, 0.15) is 11.7 Å². The van der Waals surface area contributed by atoms with Crippen LogP contribution < -0.4 is 0 Å². The zero-order chi connectivity index (χ0) is 26.3. The molecular weight excluding hydrogens is 490 g/mol. The predicted octanol–water partition coefficient (Wildman–Crippen LogP) is 4.70. The fourth-order valence-corrected chi connectivity index (χ4v) is 5.24. The molecule has 0 spiro atoms. The maximum absolute atomic E-state index is 12.7. The normalized spacial score (nSPS) is 18.9. The first-order valence-electron chi connectivity index (χ1n) is 12.4. The van der Waals surface area contributed by atoms with Gasteiger partial charge in [-0.1, -0.05) is 23.7 Å². The van der Waals surface area contributed by atoms with Crippen LogP contribution >= 0.6 is 11.6 Å². The molecule has 1 fully saturated rings. The van der Waals surface area contributed by atoms with Crippen molar-refractivity contribution in [2.24, 2.45) is 7.05 Å². The fourth-order valence-electron chi connectivity index (χ4n) is 5.07. The minimum atomic E-state index is -0.902. The first-order chi connectivity index (χ1) is 17.6. The van der Waals surface area contributed by atoms with Gasteiger partial charge < -0.3 is 19.3 Å². The topological polar surface area (TPSA) is 83.7 Å². The van der Waals surface area contributed by atoms with E-state index in [0.29, 0.717) is 36.9 Å². The lowest BCUT2D eigenvalue weighted by molar-refractivity contribution is 0.0118. The summed E-state index contributed by atoms with van der Waals surface area (Å²) in [5.74, 6) is 0. The molecular formula is C28H32ClN5O3. The molecule has 3 heterocycles. The molecule has 1 unspecified atom stereocenters. The monoisotopic (exact) mass is 521 g/mol. The van der Waals surface area contributed by atoms with Gasteiger partial charge in [-0.2, -0.15) is 0 Å². The van der Waals surface area contributed by atoms with Gasteiger partial charge in [0.25, 0.3) is 0 Å². The Labute approximate surface area is 222 Å². The molecule has 0 bridgehead atoms. The lowest BCUT2D eigenvalue weighted by atomic mass is 9.91. The van der Waals surface area contributed by atoms with Crippen molar-refractivity contribution in [2.45, 2.75) is 38.5 Å². The molecule has 2 aromatic heterocycles. The van der Waals surface area contributed by atoms with Gasteiger partial charge >= 0.3 is 6.09 Å². The van der Waals surface area contributed by atoms with Crippen LogP contribution in [-0.4, -0.2) is 67.3 Å². The molecule has 2 atom stereocenters. The molecule has 0 radical (unpaired) electrons. The van der Waals surface area contributed by atoms with Crippen LogP contribution in [0.15, 0.2) is 49.1 Å². The highest BCUT2D eigenvalue weighted by Gasteiger charge is 2.36. The van der Waals surface area contributed by atoms with Gasteiger partial charge in [-0.15, -0.1) is 0 Å². The van der Waals surface area contributed by atoms with Crippen molar-refractivity contribution < 1.29 is 14.6 Å². The Balaban J connectivity index is 1.53. The average Bonchev–Trinajstić information content (AvgIpc) is 3.23. The van der Waals surface area contributed by atoms with E-state index in [1.54, 1.807) is 23.6 Å². The lowest BCUT2D eigenvalue weighted by Crippen LogP contribution is -2.51. The number of carbonyl (C=O) groups is 1. The standard InChI is InChI=1S/C28H32ClN5O3/c1-28(2,3)37-27(36)34-12-10-33(11-13-34)25-20-8-7-19(29)15-21(20)22(14-18-6-5-9-31-24(18)25)26(35)23-16-30-17-32(23)4/h5-9,14-17,25-26,35H,10-13H2,1-4H3/t25-,26?/m0/s1. The minimum absolute atomic E-state index is 0.170. The number of aliphatic hydroxyl groups is 1. The molecule has 1 amide bonds. The number of amides is 1. The summed E-state index contributed by atoms with van der Waals surface area (Å²) in [6, 6.07) is 9.58. The molecule has 2 aliphatic rings. The van der Waals surface area contributed by atoms with E-state index >= 15 is 0 Å². The maximum Gasteiger partial charge on any atom is 0.410 e. The van der Waals surface area contributed by atoms with Gasteiger partial charge in [0.05, 0.1) is 30.0 Å². The summed E-state index contributed by atoms with van der Waals surface area (Å²) in [5.41, 5.74) is 4.62. The number of ether oxygens (including phenoxy) is 1. The number of aromatic nitrogens is 3. The number of rotatable bonds is 3. The SMILES string of the molecule is Cn1cncc1C(O)C1=Cc2cccnc2[C@@H](N2CCN(C(=O)OC(C)(C)C)CC2)c2ccc(Cl)cc21. The number of nitrogens with zero attached hydrogens (tertiary/aromatic N) is 5. The summed E-state index contributed by atoms with van der Waals surface area (Å²) in [6.07, 6.45) is 5.97. The van der Waals surface area contributed by atoms with E-state index in [-0.39, 0.29) is 12.1 Å². The summed E-state index contributed by atoms with van der Waals surface area (Å²) >= 11 is 6.49. The fraction of sp³-hybridized carbons (Fsp3) is 0.393. The highest BCUT2D eigenvalue weighted by molar-refractivity contribution is 6.30. The van der Waals surface area contributed by atoms with Gasteiger partial charge in [0, 0.05) is 44.4 Å². The third-order valence-corrected chi connectivity index (χ3v) is 7.06. The largest absolute Gasteiger partial charge is 0.444 e. The van der Waals surface area contributed by atoms with Crippen LogP contribution in [0.4, 0.5) is 4.79 Å². The van der Waals surface area contributed by atoms with Gasteiger partial charge in [-0.25, -0.2) is 9.78 Å². The first kappa shape index (κ1) is 25.4. The number of carbonyl (C=O) groups excluding carboxylic acids is 1. The predicted molar refractivity (Wildman–Crippen MR) is 143 cm³/mol. The van der Waals surface area contributed by atoms with Gasteiger partial charge in [0.2, 0.25) is 0 Å². The van der Waals surface area contributed by atoms with E-state index in [0.717, 1.165) is 28.0 Å². The molecule has 1 N–H and O–H groups in total. The molecule has 0 saturated carbocycles. The molecule has 1 aromatic carbocycles. The summed E-state index contributed by atoms with van der Waals surface area (Å²) in [7, 11) is 1.87. The number of aliphatic hydroxyl groups excluding tert-OH is 1. The number of hydrogen-bond donors (Lipinski definition) is 1. The summed E-state index contributed by atoms with van der Waals surface area (Å²) in [4.78, 5) is 25.8. The molecule has 1 aliphatic carbocycles. The summed E-state index contributed by atoms with van der Waals surface area (Å²) in [6.45, 7) is 8.04. The van der Waals surface area contributed by atoms with Crippen molar-refractivity contribution in [3.05, 3.63) is 82.2 Å². The molecule has 9 heteroatoms. The quantitative estimate of drug-likeness (QED) is 0.538. The highest BCUT2D eigenvalue weighted by atomic mass is 35.5. The second-order valence-corrected chi connectivity index (χ2v) is 11.0. The molecule has 1 saturated heterocycles. The summed E-state index contributed by atoms with van der Waals surface area (Å²) < 4.78 is 7.40. The first-order valence-corrected chi connectivity index (χ1v) is 12.8. The van der Waals surface area contributed by atoms with Crippen molar-refractivity contribution in [3.63, 3.8) is 0 Å². The second kappa shape index (κ2) is 9.93. The van der Waals surface area contributed by atoms with E-state index in [2.05, 4.69) is 9.88 Å². The number of fused-ring (bicyclic) bond motifs is 2. The zero-order valence-electron chi connectivity index (χ0n) is 21.6. The molecule has 8 nitrogen and oxygen atoms in total. The smallest absolute Gasteiger partial charge is 0.410 e. The molecule has 3 aromatic rings. The minimum Gasteiger partial charge on any atom is -0.444 e. The van der Waals surface area contributed by atoms with Crippen molar-refractivity contribution >= 4 is 29.3 Å². The Morgan fingerprint density at radius 1 is 1.19 bits per heavy atom. The second-order valence-electron chi connectivity index (χ2n) is 10.5. The highest BCUT2D eigenvalue weighted by Crippen LogP contribution is 2.44. The number of imidazole rings is 1. The Kier molecular flexibility index (Phi) is 6.83. The van der Waals surface area contributed by atoms with E-state index < -0.39 is 11.7 Å². The number of pyridine rings is 1. The van der Waals surface area contributed by atoms with Gasteiger partial charge in [-0.05, 0) is 67.3 Å². The van der Waals surface area contributed by atoms with Gasteiger partial charge in [0.15, 0.2) is 0 Å². The Morgan fingerprint density at radius 3 is 2.62 bits per heavy atom. The number of aryl methyl sites for hydroxylation is 1. The Hall–Kier alpha value is -3.20. The third kappa shape index (κ3) is 5.14. The van der Waals surface area contributed by atoms with Crippen LogP contribution in [0.5, 0.6) is 0 Å². The summed E-state index contributed by atoms with van der Waals surface area (Å²) in [5, 5.41) is 12.1. The van der Waals surface area contributed by atoms with E-state index in [9.17, 15) is 9.90 Å². The van der Waals surface area contributed by atoms with Crippen LogP contribution in [0.1, 0.15) is 61.0 Å². The van der Waals surface area contributed by atoms with Gasteiger partial charge in [-0.3, -0.25) is 9.88 Å². The van der Waals surface area contributed by atoms with E-state index in [1.165, 1.54) is 0 Å². The Morgan fingerprint density at radius 2 is 1.95 bits per heavy atom. The van der Waals surface area contributed by atoms with E-state index in [1.807, 2.05) is 68.8 Å².